The van der Waals surface area contributed by atoms with E-state index in [-0.39, 0.29) is 0 Å². The van der Waals surface area contributed by atoms with E-state index in [2.05, 4.69) is 27.2 Å². The third-order valence-corrected chi connectivity index (χ3v) is 2.50. The van der Waals surface area contributed by atoms with Crippen LogP contribution in [0.1, 0.15) is 24.7 Å². The summed E-state index contributed by atoms with van der Waals surface area (Å²) >= 11 is 0. The van der Waals surface area contributed by atoms with Gasteiger partial charge in [-0.2, -0.15) is 0 Å². The second-order valence-electron chi connectivity index (χ2n) is 4.10. The van der Waals surface area contributed by atoms with Crippen LogP contribution in [0.15, 0.2) is 24.4 Å². The highest BCUT2D eigenvalue weighted by Crippen LogP contribution is 2.13. The van der Waals surface area contributed by atoms with Gasteiger partial charge in [0.15, 0.2) is 5.82 Å². The van der Waals surface area contributed by atoms with E-state index in [1.54, 1.807) is 0 Å². The number of hydrogen-bond donors (Lipinski definition) is 2. The largest absolute Gasteiger partial charge is 0.339 e. The van der Waals surface area contributed by atoms with E-state index in [1.165, 1.54) is 0 Å². The van der Waals surface area contributed by atoms with Crippen LogP contribution >= 0.6 is 0 Å². The van der Waals surface area contributed by atoms with E-state index in [4.69, 9.17) is 0 Å². The number of pyridine rings is 1. The molecule has 0 radical (unpaired) electrons. The van der Waals surface area contributed by atoms with E-state index in [1.807, 2.05) is 31.3 Å². The highest BCUT2D eigenvalue weighted by molar-refractivity contribution is 5.49. The highest BCUT2D eigenvalue weighted by atomic mass is 15.0. The van der Waals surface area contributed by atoms with E-state index < -0.39 is 0 Å². The van der Waals surface area contributed by atoms with Gasteiger partial charge in [-0.25, -0.2) is 9.97 Å². The first-order valence-corrected chi connectivity index (χ1v) is 5.98. The normalized spacial score (nSPS) is 10.7. The molecule has 0 saturated heterocycles. The molecule has 0 fully saturated rings. The molecule has 2 aromatic rings. The maximum absolute atomic E-state index is 4.44. The van der Waals surface area contributed by atoms with Crippen molar-refractivity contribution in [2.24, 2.45) is 0 Å². The van der Waals surface area contributed by atoms with Crippen LogP contribution in [0.25, 0.3) is 11.5 Å². The molecule has 0 spiro atoms. The maximum Gasteiger partial charge on any atom is 0.156 e. The lowest BCUT2D eigenvalue weighted by atomic mass is 10.3. The van der Waals surface area contributed by atoms with Crippen molar-refractivity contribution in [2.45, 2.75) is 26.8 Å². The number of aromatic amines is 1. The molecule has 0 aliphatic carbocycles. The van der Waals surface area contributed by atoms with Gasteiger partial charge in [-0.05, 0) is 32.0 Å². The number of nitrogens with zero attached hydrogens (tertiary/aromatic N) is 2. The van der Waals surface area contributed by atoms with Gasteiger partial charge in [-0.1, -0.05) is 13.0 Å². The average Bonchev–Trinajstić information content (AvgIpc) is 2.78. The minimum Gasteiger partial charge on any atom is -0.339 e. The Labute approximate surface area is 102 Å². The van der Waals surface area contributed by atoms with Gasteiger partial charge in [-0.3, -0.25) is 0 Å². The van der Waals surface area contributed by atoms with Crippen LogP contribution < -0.4 is 5.32 Å². The third kappa shape index (κ3) is 3.14. The molecule has 17 heavy (non-hydrogen) atoms. The van der Waals surface area contributed by atoms with Crippen LogP contribution in [0.3, 0.4) is 0 Å². The van der Waals surface area contributed by atoms with Gasteiger partial charge in [0.05, 0.1) is 6.20 Å². The smallest absolute Gasteiger partial charge is 0.156 e. The molecule has 0 aliphatic heterocycles. The number of hydrogen-bond acceptors (Lipinski definition) is 3. The lowest BCUT2D eigenvalue weighted by molar-refractivity contribution is 0.666. The standard InChI is InChI=1S/C13H18N4/c1-3-7-14-8-11-9-15-13(17-11)12-6-4-5-10(2)16-12/h4-6,9,14H,3,7-8H2,1-2H3,(H,15,17). The number of imidazole rings is 1. The zero-order valence-electron chi connectivity index (χ0n) is 10.3. The number of aromatic nitrogens is 3. The number of aryl methyl sites for hydroxylation is 1. The van der Waals surface area contributed by atoms with Gasteiger partial charge >= 0.3 is 0 Å². The Morgan fingerprint density at radius 3 is 3.00 bits per heavy atom. The van der Waals surface area contributed by atoms with Gasteiger partial charge in [0.25, 0.3) is 0 Å². The molecule has 0 bridgehead atoms. The fraction of sp³-hybridized carbons (Fsp3) is 0.385. The fourth-order valence-corrected chi connectivity index (χ4v) is 1.65. The number of rotatable bonds is 5. The summed E-state index contributed by atoms with van der Waals surface area (Å²) in [5, 5.41) is 3.34. The van der Waals surface area contributed by atoms with Crippen molar-refractivity contribution in [1.82, 2.24) is 20.3 Å². The summed E-state index contributed by atoms with van der Waals surface area (Å²) in [7, 11) is 0. The summed E-state index contributed by atoms with van der Waals surface area (Å²) in [6, 6.07) is 5.94. The van der Waals surface area contributed by atoms with Crippen molar-refractivity contribution < 1.29 is 0 Å². The predicted octanol–water partition coefficient (Wildman–Crippen LogP) is 2.28. The Morgan fingerprint density at radius 1 is 1.35 bits per heavy atom. The van der Waals surface area contributed by atoms with Crippen molar-refractivity contribution in [1.29, 1.82) is 0 Å². The Morgan fingerprint density at radius 2 is 2.24 bits per heavy atom. The van der Waals surface area contributed by atoms with Crippen LogP contribution in [0.5, 0.6) is 0 Å². The van der Waals surface area contributed by atoms with E-state index in [9.17, 15) is 0 Å². The fourth-order valence-electron chi connectivity index (χ4n) is 1.65. The maximum atomic E-state index is 4.44. The monoisotopic (exact) mass is 230 g/mol. The minimum absolute atomic E-state index is 0.826. The van der Waals surface area contributed by atoms with Crippen molar-refractivity contribution in [3.8, 4) is 11.5 Å². The Balaban J connectivity index is 2.07. The van der Waals surface area contributed by atoms with E-state index in [0.717, 1.165) is 42.4 Å². The van der Waals surface area contributed by atoms with Crippen molar-refractivity contribution in [3.63, 3.8) is 0 Å². The van der Waals surface area contributed by atoms with Gasteiger partial charge in [0, 0.05) is 17.9 Å². The van der Waals surface area contributed by atoms with Gasteiger partial charge in [0.1, 0.15) is 5.69 Å². The molecule has 0 saturated carbocycles. The van der Waals surface area contributed by atoms with Crippen LogP contribution in [0.2, 0.25) is 0 Å². The molecular weight excluding hydrogens is 212 g/mol. The summed E-state index contributed by atoms with van der Waals surface area (Å²) in [6.45, 7) is 5.99. The summed E-state index contributed by atoms with van der Waals surface area (Å²) in [6.07, 6.45) is 3.00. The van der Waals surface area contributed by atoms with E-state index >= 15 is 0 Å². The molecular formula is C13H18N4. The molecule has 90 valence electrons. The Hall–Kier alpha value is -1.68. The van der Waals surface area contributed by atoms with Gasteiger partial charge < -0.3 is 10.3 Å². The second-order valence-corrected chi connectivity index (χ2v) is 4.10. The molecule has 2 rings (SSSR count). The van der Waals surface area contributed by atoms with Gasteiger partial charge in [-0.15, -0.1) is 0 Å². The summed E-state index contributed by atoms with van der Waals surface area (Å²) < 4.78 is 0. The molecule has 0 amide bonds. The number of nitrogens with one attached hydrogen (secondary N) is 2. The average molecular weight is 230 g/mol. The topological polar surface area (TPSA) is 53.6 Å². The molecule has 0 unspecified atom stereocenters. The Kier molecular flexibility index (Phi) is 3.88. The first kappa shape index (κ1) is 11.8. The second kappa shape index (κ2) is 5.59. The molecule has 2 aromatic heterocycles. The summed E-state index contributed by atoms with van der Waals surface area (Å²) in [5.74, 6) is 0.835. The molecule has 2 heterocycles. The van der Waals surface area contributed by atoms with Crippen LogP contribution in [0, 0.1) is 6.92 Å². The molecule has 0 aromatic carbocycles. The number of H-pyrrole nitrogens is 1. The summed E-state index contributed by atoms with van der Waals surface area (Å²) in [5.41, 5.74) is 2.99. The van der Waals surface area contributed by atoms with Crippen molar-refractivity contribution >= 4 is 0 Å². The quantitative estimate of drug-likeness (QED) is 0.775. The molecule has 0 aliphatic rings. The summed E-state index contributed by atoms with van der Waals surface area (Å²) in [4.78, 5) is 12.1. The van der Waals surface area contributed by atoms with Crippen molar-refractivity contribution in [2.75, 3.05) is 6.54 Å². The molecule has 4 heteroatoms. The minimum atomic E-state index is 0.826. The lowest BCUT2D eigenvalue weighted by Gasteiger charge is -2.00. The third-order valence-electron chi connectivity index (χ3n) is 2.50. The lowest BCUT2D eigenvalue weighted by Crippen LogP contribution is -2.13. The Bertz CT molecular complexity index is 476. The molecule has 0 atom stereocenters. The molecule has 2 N–H and O–H groups in total. The SMILES string of the molecule is CCCNCc1cnc(-c2cccc(C)n2)[nH]1. The van der Waals surface area contributed by atoms with Crippen LogP contribution in [-0.2, 0) is 6.54 Å². The van der Waals surface area contributed by atoms with Gasteiger partial charge in [0.2, 0.25) is 0 Å². The van der Waals surface area contributed by atoms with E-state index in [0.29, 0.717) is 0 Å². The molecule has 4 nitrogen and oxygen atoms in total. The predicted molar refractivity (Wildman–Crippen MR) is 68.6 cm³/mol. The zero-order chi connectivity index (χ0) is 12.1. The van der Waals surface area contributed by atoms with Crippen LogP contribution in [-0.4, -0.2) is 21.5 Å². The first-order chi connectivity index (χ1) is 8.29. The highest BCUT2D eigenvalue weighted by Gasteiger charge is 2.04. The van der Waals surface area contributed by atoms with Crippen LogP contribution in [0.4, 0.5) is 0 Å². The van der Waals surface area contributed by atoms with Crippen molar-refractivity contribution in [3.05, 3.63) is 35.8 Å². The zero-order valence-corrected chi connectivity index (χ0v) is 10.3. The first-order valence-electron chi connectivity index (χ1n) is 5.98.